The third-order valence-electron chi connectivity index (χ3n) is 2.65. The quantitative estimate of drug-likeness (QED) is 0.780. The molecule has 0 radical (unpaired) electrons. The summed E-state index contributed by atoms with van der Waals surface area (Å²) in [6, 6.07) is 11.0. The van der Waals surface area contributed by atoms with Gasteiger partial charge in [0.2, 0.25) is 0 Å². The highest BCUT2D eigenvalue weighted by Gasteiger charge is 2.13. The van der Waals surface area contributed by atoms with Gasteiger partial charge in [-0.15, -0.1) is 11.3 Å². The van der Waals surface area contributed by atoms with E-state index in [2.05, 4.69) is 15.9 Å². The molecule has 106 valence electrons. The molecule has 0 atom stereocenters. The fourth-order valence-electron chi connectivity index (χ4n) is 1.57. The van der Waals surface area contributed by atoms with E-state index in [1.807, 2.05) is 24.3 Å². The van der Waals surface area contributed by atoms with E-state index in [4.69, 9.17) is 16.3 Å². The summed E-state index contributed by atoms with van der Waals surface area (Å²) in [6.07, 6.45) is 0. The van der Waals surface area contributed by atoms with Gasteiger partial charge in [-0.2, -0.15) is 0 Å². The van der Waals surface area contributed by atoms with Crippen molar-refractivity contribution in [2.45, 2.75) is 0 Å². The van der Waals surface area contributed by atoms with E-state index in [-0.39, 0.29) is 5.91 Å². The maximum Gasteiger partial charge on any atom is 0.263 e. The second-order valence-corrected chi connectivity index (χ2v) is 6.98. The predicted molar refractivity (Wildman–Crippen MR) is 85.9 cm³/mol. The minimum atomic E-state index is -0.0107. The first-order valence-electron chi connectivity index (χ1n) is 5.96. The second-order valence-electron chi connectivity index (χ2n) is 4.11. The number of ether oxygens (including phenoxy) is 1. The molecule has 6 heteroatoms. The van der Waals surface area contributed by atoms with Gasteiger partial charge in [-0.25, -0.2) is 0 Å². The van der Waals surface area contributed by atoms with Crippen LogP contribution < -0.4 is 4.74 Å². The van der Waals surface area contributed by atoms with Crippen LogP contribution in [0.1, 0.15) is 9.67 Å². The van der Waals surface area contributed by atoms with Gasteiger partial charge in [0, 0.05) is 7.05 Å². The summed E-state index contributed by atoms with van der Waals surface area (Å²) in [5.74, 6) is 0.623. The Bertz CT molecular complexity index is 602. The molecule has 2 aromatic rings. The van der Waals surface area contributed by atoms with Gasteiger partial charge in [0.25, 0.3) is 5.91 Å². The molecule has 1 aromatic carbocycles. The Kier molecular flexibility index (Phi) is 5.46. The topological polar surface area (TPSA) is 29.5 Å². The number of thiophene rings is 1. The summed E-state index contributed by atoms with van der Waals surface area (Å²) in [4.78, 5) is 14.4. The van der Waals surface area contributed by atoms with E-state index in [9.17, 15) is 4.79 Å². The fourth-order valence-corrected chi connectivity index (χ4v) is 3.14. The van der Waals surface area contributed by atoms with Crippen LogP contribution in [-0.2, 0) is 0 Å². The summed E-state index contributed by atoms with van der Waals surface area (Å²) < 4.78 is 6.51. The molecule has 0 aliphatic carbocycles. The van der Waals surface area contributed by atoms with E-state index < -0.39 is 0 Å². The molecule has 0 unspecified atom stereocenters. The van der Waals surface area contributed by atoms with Crippen LogP contribution in [0.2, 0.25) is 5.02 Å². The summed E-state index contributed by atoms with van der Waals surface area (Å²) in [6.45, 7) is 0.901. The number of amides is 1. The second kappa shape index (κ2) is 7.11. The van der Waals surface area contributed by atoms with Gasteiger partial charge in [-0.3, -0.25) is 4.79 Å². The van der Waals surface area contributed by atoms with Crippen molar-refractivity contribution < 1.29 is 9.53 Å². The summed E-state index contributed by atoms with van der Waals surface area (Å²) in [7, 11) is 1.76. The van der Waals surface area contributed by atoms with Crippen molar-refractivity contribution in [3.8, 4) is 5.75 Å². The monoisotopic (exact) mass is 373 g/mol. The molecule has 0 aliphatic heterocycles. The largest absolute Gasteiger partial charge is 0.490 e. The van der Waals surface area contributed by atoms with Crippen LogP contribution >= 0.6 is 38.9 Å². The van der Waals surface area contributed by atoms with Gasteiger partial charge in [0.1, 0.15) is 12.4 Å². The molecule has 0 spiro atoms. The minimum absolute atomic E-state index is 0.0107. The van der Waals surface area contributed by atoms with Gasteiger partial charge >= 0.3 is 0 Å². The number of carbonyl (C=O) groups is 1. The van der Waals surface area contributed by atoms with Crippen LogP contribution in [-0.4, -0.2) is 31.0 Å². The zero-order valence-corrected chi connectivity index (χ0v) is 14.0. The van der Waals surface area contributed by atoms with Gasteiger partial charge < -0.3 is 9.64 Å². The number of para-hydroxylation sites is 1. The third kappa shape index (κ3) is 3.98. The molecule has 0 bridgehead atoms. The Hall–Kier alpha value is -1.04. The van der Waals surface area contributed by atoms with Crippen molar-refractivity contribution in [2.24, 2.45) is 0 Å². The van der Waals surface area contributed by atoms with Crippen LogP contribution in [0.4, 0.5) is 0 Å². The van der Waals surface area contributed by atoms with Crippen LogP contribution in [0, 0.1) is 0 Å². The SMILES string of the molecule is CN(CCOc1ccccc1Cl)C(=O)c1ccc(Br)s1. The number of carbonyl (C=O) groups excluding carboxylic acids is 1. The van der Waals surface area contributed by atoms with Crippen molar-refractivity contribution in [3.05, 3.63) is 50.1 Å². The Balaban J connectivity index is 1.85. The van der Waals surface area contributed by atoms with Crippen molar-refractivity contribution in [1.82, 2.24) is 4.90 Å². The normalized spacial score (nSPS) is 10.3. The van der Waals surface area contributed by atoms with Gasteiger partial charge in [-0.1, -0.05) is 23.7 Å². The third-order valence-corrected chi connectivity index (χ3v) is 4.58. The average molecular weight is 375 g/mol. The molecule has 0 aliphatic rings. The number of nitrogens with zero attached hydrogens (tertiary/aromatic N) is 1. The lowest BCUT2D eigenvalue weighted by Gasteiger charge is -2.16. The number of hydrogen-bond acceptors (Lipinski definition) is 3. The van der Waals surface area contributed by atoms with Gasteiger partial charge in [0.15, 0.2) is 0 Å². The Labute approximate surface area is 135 Å². The van der Waals surface area contributed by atoms with E-state index in [0.717, 1.165) is 3.79 Å². The molecule has 1 amide bonds. The molecular formula is C14H13BrClNO2S. The van der Waals surface area contributed by atoms with E-state index >= 15 is 0 Å². The first kappa shape index (κ1) is 15.4. The van der Waals surface area contributed by atoms with Crippen molar-refractivity contribution in [2.75, 3.05) is 20.2 Å². The lowest BCUT2D eigenvalue weighted by atomic mass is 10.3. The highest BCUT2D eigenvalue weighted by molar-refractivity contribution is 9.11. The molecule has 0 N–H and O–H groups in total. The zero-order chi connectivity index (χ0) is 14.5. The molecular weight excluding hydrogens is 362 g/mol. The van der Waals surface area contributed by atoms with Crippen molar-refractivity contribution in [1.29, 1.82) is 0 Å². The molecule has 3 nitrogen and oxygen atoms in total. The van der Waals surface area contributed by atoms with Gasteiger partial charge in [-0.05, 0) is 40.2 Å². The maximum absolute atomic E-state index is 12.1. The molecule has 0 fully saturated rings. The number of hydrogen-bond donors (Lipinski definition) is 0. The lowest BCUT2D eigenvalue weighted by Crippen LogP contribution is -2.30. The molecule has 1 aromatic heterocycles. The first-order valence-corrected chi connectivity index (χ1v) is 7.95. The minimum Gasteiger partial charge on any atom is -0.490 e. The molecule has 0 saturated carbocycles. The number of halogens is 2. The lowest BCUT2D eigenvalue weighted by molar-refractivity contribution is 0.0778. The summed E-state index contributed by atoms with van der Waals surface area (Å²) in [5.41, 5.74) is 0. The van der Waals surface area contributed by atoms with Crippen LogP contribution in [0.25, 0.3) is 0 Å². The first-order chi connectivity index (χ1) is 9.58. The Morgan fingerprint density at radius 2 is 2.10 bits per heavy atom. The van der Waals surface area contributed by atoms with Crippen molar-refractivity contribution in [3.63, 3.8) is 0 Å². The van der Waals surface area contributed by atoms with E-state index in [0.29, 0.717) is 28.8 Å². The highest BCUT2D eigenvalue weighted by atomic mass is 79.9. The van der Waals surface area contributed by atoms with E-state index in [1.165, 1.54) is 11.3 Å². The molecule has 1 heterocycles. The summed E-state index contributed by atoms with van der Waals surface area (Å²) >= 11 is 10.8. The van der Waals surface area contributed by atoms with Crippen LogP contribution in [0.5, 0.6) is 5.75 Å². The van der Waals surface area contributed by atoms with Gasteiger partial charge in [0.05, 0.1) is 20.2 Å². The summed E-state index contributed by atoms with van der Waals surface area (Å²) in [5, 5.41) is 0.573. The average Bonchev–Trinajstić information content (AvgIpc) is 2.86. The van der Waals surface area contributed by atoms with Crippen molar-refractivity contribution >= 4 is 44.8 Å². The standard InChI is InChI=1S/C14H13BrClNO2S/c1-17(14(18)12-6-7-13(15)20-12)8-9-19-11-5-3-2-4-10(11)16/h2-7H,8-9H2,1H3. The Morgan fingerprint density at radius 3 is 2.75 bits per heavy atom. The number of likely N-dealkylation sites (N-methyl/N-ethyl adjacent to an activating group) is 1. The van der Waals surface area contributed by atoms with E-state index in [1.54, 1.807) is 24.1 Å². The molecule has 2 rings (SSSR count). The highest BCUT2D eigenvalue weighted by Crippen LogP contribution is 2.24. The van der Waals surface area contributed by atoms with Crippen LogP contribution in [0.3, 0.4) is 0 Å². The van der Waals surface area contributed by atoms with Crippen LogP contribution in [0.15, 0.2) is 40.2 Å². The smallest absolute Gasteiger partial charge is 0.263 e. The number of benzene rings is 1. The fraction of sp³-hybridized carbons (Fsp3) is 0.214. The zero-order valence-electron chi connectivity index (χ0n) is 10.8. The molecule has 0 saturated heterocycles. The Morgan fingerprint density at radius 1 is 1.35 bits per heavy atom. The molecule has 20 heavy (non-hydrogen) atoms. The maximum atomic E-state index is 12.1. The predicted octanol–water partition coefficient (Wildman–Crippen LogP) is 4.32. The number of rotatable bonds is 5.